The molecule has 0 unspecified atom stereocenters. The second-order valence-corrected chi connectivity index (χ2v) is 9.07. The van der Waals surface area contributed by atoms with Crippen molar-refractivity contribution >= 4 is 22.5 Å². The minimum atomic E-state index is -0.0560. The number of fused-ring (bicyclic) bond motifs is 2. The molecular weight excluding hydrogens is 406 g/mol. The molecular formula is C29H29N3O. The van der Waals surface area contributed by atoms with Crippen molar-refractivity contribution in [1.82, 2.24) is 9.88 Å². The number of nitrogens with one attached hydrogen (secondary N) is 1. The summed E-state index contributed by atoms with van der Waals surface area (Å²) < 4.78 is 0. The molecule has 1 aromatic heterocycles. The quantitative estimate of drug-likeness (QED) is 0.408. The van der Waals surface area contributed by atoms with Crippen molar-refractivity contribution in [2.45, 2.75) is 39.3 Å². The van der Waals surface area contributed by atoms with E-state index in [0.29, 0.717) is 5.92 Å². The molecule has 4 nitrogen and oxygen atoms in total. The SMILES string of the molecule is CC(C)c1ccccc1NC(=O)c1c2c(nc3ccccc13)CCN(Cc1ccccc1)C2. The fraction of sp³-hybridized carbons (Fsp3) is 0.241. The molecule has 0 atom stereocenters. The third-order valence-corrected chi connectivity index (χ3v) is 6.43. The molecule has 1 amide bonds. The summed E-state index contributed by atoms with van der Waals surface area (Å²) in [4.78, 5) is 21.1. The zero-order valence-electron chi connectivity index (χ0n) is 19.2. The highest BCUT2D eigenvalue weighted by atomic mass is 16.1. The highest BCUT2D eigenvalue weighted by Gasteiger charge is 2.26. The summed E-state index contributed by atoms with van der Waals surface area (Å²) in [5.74, 6) is 0.269. The van der Waals surface area contributed by atoms with Crippen LogP contribution in [-0.4, -0.2) is 22.3 Å². The minimum Gasteiger partial charge on any atom is -0.322 e. The number of pyridine rings is 1. The van der Waals surface area contributed by atoms with Gasteiger partial charge in [0, 0.05) is 48.4 Å². The molecule has 1 aliphatic heterocycles. The van der Waals surface area contributed by atoms with E-state index in [1.807, 2.05) is 48.5 Å². The van der Waals surface area contributed by atoms with Gasteiger partial charge in [0.05, 0.1) is 11.1 Å². The van der Waals surface area contributed by atoms with Crippen LogP contribution in [-0.2, 0) is 19.5 Å². The lowest BCUT2D eigenvalue weighted by atomic mass is 9.94. The molecule has 4 heteroatoms. The van der Waals surface area contributed by atoms with E-state index in [0.717, 1.165) is 65.0 Å². The Labute approximate surface area is 195 Å². The summed E-state index contributed by atoms with van der Waals surface area (Å²) >= 11 is 0. The molecule has 0 bridgehead atoms. The number of hydrogen-bond acceptors (Lipinski definition) is 3. The predicted molar refractivity (Wildman–Crippen MR) is 134 cm³/mol. The lowest BCUT2D eigenvalue weighted by Gasteiger charge is -2.30. The number of carbonyl (C=O) groups is 1. The Bertz CT molecular complexity index is 1300. The first-order valence-electron chi connectivity index (χ1n) is 11.7. The molecule has 33 heavy (non-hydrogen) atoms. The lowest BCUT2D eigenvalue weighted by molar-refractivity contribution is 0.102. The van der Waals surface area contributed by atoms with Crippen LogP contribution < -0.4 is 5.32 Å². The zero-order valence-corrected chi connectivity index (χ0v) is 19.2. The van der Waals surface area contributed by atoms with E-state index in [9.17, 15) is 4.79 Å². The Balaban J connectivity index is 1.54. The summed E-state index contributed by atoms with van der Waals surface area (Å²) in [5, 5.41) is 4.14. The molecule has 0 saturated carbocycles. The molecule has 2 heterocycles. The normalized spacial score (nSPS) is 13.8. The number of para-hydroxylation sites is 2. The summed E-state index contributed by atoms with van der Waals surface area (Å²) in [7, 11) is 0. The first-order valence-corrected chi connectivity index (χ1v) is 11.7. The van der Waals surface area contributed by atoms with Crippen LogP contribution in [0.15, 0.2) is 78.9 Å². The molecule has 166 valence electrons. The van der Waals surface area contributed by atoms with Gasteiger partial charge in [-0.3, -0.25) is 14.7 Å². The highest BCUT2D eigenvalue weighted by Crippen LogP contribution is 2.31. The van der Waals surface area contributed by atoms with Gasteiger partial charge in [0.15, 0.2) is 0 Å². The Morgan fingerprint density at radius 1 is 0.970 bits per heavy atom. The van der Waals surface area contributed by atoms with Crippen LogP contribution in [0.25, 0.3) is 10.9 Å². The molecule has 0 radical (unpaired) electrons. The van der Waals surface area contributed by atoms with Crippen LogP contribution >= 0.6 is 0 Å². The third kappa shape index (κ3) is 4.39. The molecule has 0 aliphatic carbocycles. The van der Waals surface area contributed by atoms with E-state index in [-0.39, 0.29) is 5.91 Å². The Kier molecular flexibility index (Phi) is 5.93. The molecule has 0 fully saturated rings. The maximum Gasteiger partial charge on any atom is 0.256 e. The molecule has 3 aromatic carbocycles. The van der Waals surface area contributed by atoms with Crippen LogP contribution in [0.5, 0.6) is 0 Å². The first-order chi connectivity index (χ1) is 16.1. The van der Waals surface area contributed by atoms with Gasteiger partial charge in [-0.05, 0) is 29.2 Å². The van der Waals surface area contributed by atoms with Crippen molar-refractivity contribution in [1.29, 1.82) is 0 Å². The molecule has 4 aromatic rings. The van der Waals surface area contributed by atoms with E-state index in [4.69, 9.17) is 4.98 Å². The predicted octanol–water partition coefficient (Wildman–Crippen LogP) is 6.17. The van der Waals surface area contributed by atoms with Gasteiger partial charge in [0.2, 0.25) is 0 Å². The van der Waals surface area contributed by atoms with E-state index >= 15 is 0 Å². The number of amides is 1. The maximum atomic E-state index is 13.8. The fourth-order valence-corrected chi connectivity index (χ4v) is 4.78. The van der Waals surface area contributed by atoms with E-state index < -0.39 is 0 Å². The highest BCUT2D eigenvalue weighted by molar-refractivity contribution is 6.13. The summed E-state index contributed by atoms with van der Waals surface area (Å²) in [6.45, 7) is 6.82. The zero-order chi connectivity index (χ0) is 22.8. The second kappa shape index (κ2) is 9.16. The van der Waals surface area contributed by atoms with Crippen LogP contribution in [0, 0.1) is 0 Å². The average Bonchev–Trinajstić information content (AvgIpc) is 2.83. The largest absolute Gasteiger partial charge is 0.322 e. The van der Waals surface area contributed by atoms with Crippen molar-refractivity contribution in [3.05, 3.63) is 107 Å². The monoisotopic (exact) mass is 435 g/mol. The summed E-state index contributed by atoms with van der Waals surface area (Å²) in [6, 6.07) is 26.6. The summed E-state index contributed by atoms with van der Waals surface area (Å²) in [6.07, 6.45) is 0.843. The smallest absolute Gasteiger partial charge is 0.256 e. The molecule has 5 rings (SSSR count). The van der Waals surface area contributed by atoms with Crippen LogP contribution in [0.2, 0.25) is 0 Å². The number of aromatic nitrogens is 1. The molecule has 1 aliphatic rings. The van der Waals surface area contributed by atoms with Crippen molar-refractivity contribution in [3.8, 4) is 0 Å². The van der Waals surface area contributed by atoms with Crippen LogP contribution in [0.3, 0.4) is 0 Å². The lowest BCUT2D eigenvalue weighted by Crippen LogP contribution is -2.33. The number of carbonyl (C=O) groups excluding carboxylic acids is 1. The second-order valence-electron chi connectivity index (χ2n) is 9.07. The maximum absolute atomic E-state index is 13.8. The number of hydrogen-bond donors (Lipinski definition) is 1. The van der Waals surface area contributed by atoms with Gasteiger partial charge in [-0.1, -0.05) is 80.6 Å². The number of rotatable bonds is 5. The van der Waals surface area contributed by atoms with Gasteiger partial charge < -0.3 is 5.32 Å². The standard InChI is InChI=1S/C29H29N3O/c1-20(2)22-12-6-8-14-25(22)31-29(33)28-23-13-7-9-15-26(23)30-27-16-17-32(19-24(27)28)18-21-10-4-3-5-11-21/h3-15,20H,16-19H2,1-2H3,(H,31,33). The van der Waals surface area contributed by atoms with Crippen molar-refractivity contribution in [2.24, 2.45) is 0 Å². The fourth-order valence-electron chi connectivity index (χ4n) is 4.78. The van der Waals surface area contributed by atoms with Gasteiger partial charge in [-0.25, -0.2) is 0 Å². The average molecular weight is 436 g/mol. The number of nitrogens with zero attached hydrogens (tertiary/aromatic N) is 2. The van der Waals surface area contributed by atoms with Gasteiger partial charge in [0.25, 0.3) is 5.91 Å². The minimum absolute atomic E-state index is 0.0560. The van der Waals surface area contributed by atoms with Gasteiger partial charge in [-0.15, -0.1) is 0 Å². The van der Waals surface area contributed by atoms with Gasteiger partial charge in [0.1, 0.15) is 0 Å². The van der Waals surface area contributed by atoms with E-state index in [1.165, 1.54) is 5.56 Å². The topological polar surface area (TPSA) is 45.2 Å². The van der Waals surface area contributed by atoms with Crippen LogP contribution in [0.4, 0.5) is 5.69 Å². The van der Waals surface area contributed by atoms with Gasteiger partial charge in [-0.2, -0.15) is 0 Å². The number of benzene rings is 3. The molecule has 0 saturated heterocycles. The van der Waals surface area contributed by atoms with E-state index in [1.54, 1.807) is 0 Å². The van der Waals surface area contributed by atoms with Crippen molar-refractivity contribution in [2.75, 3.05) is 11.9 Å². The molecule has 1 N–H and O–H groups in total. The Hall–Kier alpha value is -3.50. The van der Waals surface area contributed by atoms with E-state index in [2.05, 4.69) is 54.4 Å². The summed E-state index contributed by atoms with van der Waals surface area (Å²) in [5.41, 5.74) is 7.04. The van der Waals surface area contributed by atoms with Gasteiger partial charge >= 0.3 is 0 Å². The van der Waals surface area contributed by atoms with Crippen molar-refractivity contribution < 1.29 is 4.79 Å². The van der Waals surface area contributed by atoms with Crippen molar-refractivity contribution in [3.63, 3.8) is 0 Å². The third-order valence-electron chi connectivity index (χ3n) is 6.43. The first kappa shape index (κ1) is 21.4. The van der Waals surface area contributed by atoms with Crippen LogP contribution in [0.1, 0.15) is 52.5 Å². The number of anilines is 1. The molecule has 0 spiro atoms. The Morgan fingerprint density at radius 3 is 2.52 bits per heavy atom. The Morgan fingerprint density at radius 2 is 1.70 bits per heavy atom.